The number of halogens is 3. The molecule has 2 atom stereocenters. The van der Waals surface area contributed by atoms with Crippen molar-refractivity contribution in [1.82, 2.24) is 4.98 Å². The molecule has 1 aliphatic heterocycles. The summed E-state index contributed by atoms with van der Waals surface area (Å²) in [6, 6.07) is 0.918. The summed E-state index contributed by atoms with van der Waals surface area (Å²) in [5.41, 5.74) is -0.916. The molecule has 1 fully saturated rings. The Kier molecular flexibility index (Phi) is 3.60. The minimum Gasteiger partial charge on any atom is -0.387 e. The SMILES string of the molecule is CC1(C(O)c2cnccc2C(F)(F)F)CCCS1. The second-order valence-corrected chi connectivity index (χ2v) is 6.26. The predicted molar refractivity (Wildman–Crippen MR) is 64.3 cm³/mol. The number of rotatable bonds is 2. The number of hydrogen-bond donors (Lipinski definition) is 1. The van der Waals surface area contributed by atoms with Gasteiger partial charge in [0.25, 0.3) is 0 Å². The molecule has 100 valence electrons. The van der Waals surface area contributed by atoms with Crippen LogP contribution in [0.25, 0.3) is 0 Å². The summed E-state index contributed by atoms with van der Waals surface area (Å²) in [7, 11) is 0. The van der Waals surface area contributed by atoms with Crippen LogP contribution in [-0.4, -0.2) is 20.6 Å². The third-order valence-corrected chi connectivity index (χ3v) is 4.86. The lowest BCUT2D eigenvalue weighted by molar-refractivity contribution is -0.139. The number of alkyl halides is 3. The normalized spacial score (nSPS) is 26.3. The van der Waals surface area contributed by atoms with Crippen molar-refractivity contribution in [1.29, 1.82) is 0 Å². The summed E-state index contributed by atoms with van der Waals surface area (Å²) in [5, 5.41) is 10.3. The van der Waals surface area contributed by atoms with Gasteiger partial charge in [-0.05, 0) is 31.6 Å². The molecule has 0 bridgehead atoms. The standard InChI is InChI=1S/C12H14F3NOS/c1-11(4-2-6-18-11)10(17)8-7-16-5-3-9(8)12(13,14)15/h3,5,7,10,17H,2,4,6H2,1H3. The highest BCUT2D eigenvalue weighted by Gasteiger charge is 2.42. The highest BCUT2D eigenvalue weighted by Crippen LogP contribution is 2.48. The van der Waals surface area contributed by atoms with Crippen LogP contribution in [0.2, 0.25) is 0 Å². The van der Waals surface area contributed by atoms with Crippen LogP contribution >= 0.6 is 11.8 Å². The lowest BCUT2D eigenvalue weighted by Gasteiger charge is -2.30. The van der Waals surface area contributed by atoms with Crippen molar-refractivity contribution < 1.29 is 18.3 Å². The Bertz CT molecular complexity index is 430. The first-order chi connectivity index (χ1) is 8.34. The van der Waals surface area contributed by atoms with Crippen molar-refractivity contribution in [3.63, 3.8) is 0 Å². The zero-order valence-corrected chi connectivity index (χ0v) is 10.7. The van der Waals surface area contributed by atoms with Crippen LogP contribution in [0.4, 0.5) is 13.2 Å². The van der Waals surface area contributed by atoms with Gasteiger partial charge in [0.15, 0.2) is 0 Å². The highest BCUT2D eigenvalue weighted by atomic mass is 32.2. The molecule has 0 aliphatic carbocycles. The number of pyridine rings is 1. The first-order valence-corrected chi connectivity index (χ1v) is 6.66. The van der Waals surface area contributed by atoms with Gasteiger partial charge in [0.05, 0.1) is 11.7 Å². The molecule has 2 nitrogen and oxygen atoms in total. The molecule has 0 radical (unpaired) electrons. The van der Waals surface area contributed by atoms with Crippen LogP contribution in [-0.2, 0) is 6.18 Å². The first kappa shape index (κ1) is 13.7. The Balaban J connectivity index is 2.39. The lowest BCUT2D eigenvalue weighted by atomic mass is 9.91. The molecule has 1 aliphatic rings. The van der Waals surface area contributed by atoms with Crippen LogP contribution in [0.5, 0.6) is 0 Å². The zero-order chi connectivity index (χ0) is 13.4. The largest absolute Gasteiger partial charge is 0.416 e. The van der Waals surface area contributed by atoms with E-state index in [1.807, 2.05) is 6.92 Å². The van der Waals surface area contributed by atoms with Crippen molar-refractivity contribution in [2.24, 2.45) is 0 Å². The van der Waals surface area contributed by atoms with Gasteiger partial charge in [-0.25, -0.2) is 0 Å². The minimum absolute atomic E-state index is 0.123. The van der Waals surface area contributed by atoms with Gasteiger partial charge >= 0.3 is 6.18 Å². The fourth-order valence-corrected chi connectivity index (χ4v) is 3.56. The molecule has 0 aromatic carbocycles. The maximum absolute atomic E-state index is 12.9. The van der Waals surface area contributed by atoms with E-state index in [0.717, 1.165) is 30.6 Å². The summed E-state index contributed by atoms with van der Waals surface area (Å²) in [5.74, 6) is 0.870. The second kappa shape index (κ2) is 4.74. The summed E-state index contributed by atoms with van der Waals surface area (Å²) in [4.78, 5) is 3.71. The van der Waals surface area contributed by atoms with Crippen molar-refractivity contribution >= 4 is 11.8 Å². The van der Waals surface area contributed by atoms with Crippen molar-refractivity contribution in [2.45, 2.75) is 36.8 Å². The molecule has 2 rings (SSSR count). The number of aliphatic hydroxyl groups excluding tert-OH is 1. The predicted octanol–water partition coefficient (Wildman–Crippen LogP) is 3.42. The van der Waals surface area contributed by atoms with E-state index in [2.05, 4.69) is 4.98 Å². The Labute approximate surface area is 108 Å². The Morgan fingerprint density at radius 2 is 2.22 bits per heavy atom. The van der Waals surface area contributed by atoms with Crippen molar-refractivity contribution in [2.75, 3.05) is 5.75 Å². The van der Waals surface area contributed by atoms with E-state index in [1.54, 1.807) is 0 Å². The molecule has 0 saturated carbocycles. The molecular weight excluding hydrogens is 263 g/mol. The summed E-state index contributed by atoms with van der Waals surface area (Å²) in [6.07, 6.45) is -1.75. The van der Waals surface area contributed by atoms with Gasteiger partial charge in [0.2, 0.25) is 0 Å². The molecule has 1 N–H and O–H groups in total. The molecule has 18 heavy (non-hydrogen) atoms. The van der Waals surface area contributed by atoms with Gasteiger partial charge in [0, 0.05) is 22.7 Å². The summed E-state index contributed by atoms with van der Waals surface area (Å²) >= 11 is 1.52. The number of nitrogens with zero attached hydrogens (tertiary/aromatic N) is 1. The quantitative estimate of drug-likeness (QED) is 0.899. The van der Waals surface area contributed by atoms with Crippen molar-refractivity contribution in [3.8, 4) is 0 Å². The first-order valence-electron chi connectivity index (χ1n) is 5.68. The van der Waals surface area contributed by atoms with E-state index in [0.29, 0.717) is 6.42 Å². The molecule has 6 heteroatoms. The number of aromatic nitrogens is 1. The molecule has 0 amide bonds. The van der Waals surface area contributed by atoms with Gasteiger partial charge in [-0.15, -0.1) is 0 Å². The van der Waals surface area contributed by atoms with Gasteiger partial charge in [-0.3, -0.25) is 4.98 Å². The average Bonchev–Trinajstić information content (AvgIpc) is 2.75. The summed E-state index contributed by atoms with van der Waals surface area (Å²) < 4.78 is 38.1. The number of aliphatic hydroxyl groups is 1. The van der Waals surface area contributed by atoms with Crippen LogP contribution in [0.3, 0.4) is 0 Å². The van der Waals surface area contributed by atoms with Gasteiger partial charge in [0.1, 0.15) is 0 Å². The van der Waals surface area contributed by atoms with E-state index < -0.39 is 22.6 Å². The van der Waals surface area contributed by atoms with Crippen LogP contribution in [0.1, 0.15) is 37.0 Å². The van der Waals surface area contributed by atoms with E-state index in [1.165, 1.54) is 11.8 Å². The monoisotopic (exact) mass is 277 g/mol. The fourth-order valence-electron chi connectivity index (χ4n) is 2.23. The summed E-state index contributed by atoms with van der Waals surface area (Å²) in [6.45, 7) is 1.81. The van der Waals surface area contributed by atoms with E-state index in [9.17, 15) is 18.3 Å². The van der Waals surface area contributed by atoms with Gasteiger partial charge < -0.3 is 5.11 Å². The van der Waals surface area contributed by atoms with Gasteiger partial charge in [-0.2, -0.15) is 24.9 Å². The smallest absolute Gasteiger partial charge is 0.387 e. The van der Waals surface area contributed by atoms with E-state index in [-0.39, 0.29) is 5.56 Å². The molecule has 1 aromatic rings. The third kappa shape index (κ3) is 2.49. The molecule has 0 spiro atoms. The second-order valence-electron chi connectivity index (χ2n) is 4.63. The Hall–Kier alpha value is -0.750. The van der Waals surface area contributed by atoms with Crippen LogP contribution in [0.15, 0.2) is 18.5 Å². The molecule has 2 unspecified atom stereocenters. The average molecular weight is 277 g/mol. The number of thioether (sulfide) groups is 1. The maximum atomic E-state index is 12.9. The maximum Gasteiger partial charge on any atom is 0.416 e. The Morgan fingerprint density at radius 1 is 1.50 bits per heavy atom. The molecule has 1 saturated heterocycles. The topological polar surface area (TPSA) is 33.1 Å². The minimum atomic E-state index is -4.46. The highest BCUT2D eigenvalue weighted by molar-refractivity contribution is 8.00. The van der Waals surface area contributed by atoms with Crippen LogP contribution < -0.4 is 0 Å². The lowest BCUT2D eigenvalue weighted by Crippen LogP contribution is -2.28. The van der Waals surface area contributed by atoms with E-state index in [4.69, 9.17) is 0 Å². The molecule has 2 heterocycles. The fraction of sp³-hybridized carbons (Fsp3) is 0.583. The van der Waals surface area contributed by atoms with Crippen LogP contribution in [0, 0.1) is 0 Å². The van der Waals surface area contributed by atoms with E-state index >= 15 is 0 Å². The van der Waals surface area contributed by atoms with Crippen molar-refractivity contribution in [3.05, 3.63) is 29.6 Å². The third-order valence-electron chi connectivity index (χ3n) is 3.28. The Morgan fingerprint density at radius 3 is 2.78 bits per heavy atom. The number of hydrogen-bond acceptors (Lipinski definition) is 3. The molecule has 1 aromatic heterocycles. The molecular formula is C12H14F3NOS. The zero-order valence-electron chi connectivity index (χ0n) is 9.87. The van der Waals surface area contributed by atoms with Gasteiger partial charge in [-0.1, -0.05) is 0 Å².